The first-order chi connectivity index (χ1) is 6.20. The van der Waals surface area contributed by atoms with E-state index in [0.29, 0.717) is 5.39 Å². The van der Waals surface area contributed by atoms with Crippen molar-refractivity contribution in [3.05, 3.63) is 39.0 Å². The van der Waals surface area contributed by atoms with Crippen molar-refractivity contribution in [3.8, 4) is 0 Å². The maximum Gasteiger partial charge on any atom is 0.294 e. The molecule has 0 saturated carbocycles. The number of nitrogens with zero attached hydrogens (tertiary/aromatic N) is 1. The van der Waals surface area contributed by atoms with Crippen LogP contribution in [0.4, 0.5) is 5.69 Å². The van der Waals surface area contributed by atoms with E-state index in [1.54, 1.807) is 12.1 Å². The molecule has 2 aromatic rings. The van der Waals surface area contributed by atoms with Gasteiger partial charge in [-0.1, -0.05) is 6.07 Å². The number of H-pyrrole nitrogens is 1. The second-order valence-corrected chi connectivity index (χ2v) is 3.45. The predicted molar refractivity (Wildman–Crippen MR) is 52.7 cm³/mol. The highest BCUT2D eigenvalue weighted by Crippen LogP contribution is 2.29. The molecule has 1 heterocycles. The molecule has 1 aromatic heterocycles. The molecule has 0 spiro atoms. The number of hydrogen-bond acceptors (Lipinski definition) is 2. The number of rotatable bonds is 1. The molecule has 0 fully saturated rings. The average molecular weight is 241 g/mol. The van der Waals surface area contributed by atoms with E-state index < -0.39 is 4.92 Å². The van der Waals surface area contributed by atoms with Crippen molar-refractivity contribution < 1.29 is 4.92 Å². The second kappa shape index (κ2) is 2.85. The molecule has 1 N–H and O–H groups in total. The van der Waals surface area contributed by atoms with Crippen molar-refractivity contribution in [2.75, 3.05) is 0 Å². The molecule has 0 saturated heterocycles. The molecule has 0 aliphatic heterocycles. The third kappa shape index (κ3) is 1.21. The SMILES string of the molecule is O=[N+]([O-])c1c[nH]c2c(Br)cccc12. The van der Waals surface area contributed by atoms with Crippen LogP contribution in [0.15, 0.2) is 28.9 Å². The van der Waals surface area contributed by atoms with Gasteiger partial charge in [-0.05, 0) is 28.1 Å². The number of nitrogens with one attached hydrogen (secondary N) is 1. The number of aromatic amines is 1. The number of nitro groups is 1. The Morgan fingerprint density at radius 3 is 2.92 bits per heavy atom. The van der Waals surface area contributed by atoms with Gasteiger partial charge in [0.15, 0.2) is 0 Å². The quantitative estimate of drug-likeness (QED) is 0.616. The van der Waals surface area contributed by atoms with Gasteiger partial charge in [0.05, 0.1) is 22.0 Å². The predicted octanol–water partition coefficient (Wildman–Crippen LogP) is 2.84. The molecule has 0 radical (unpaired) electrons. The first-order valence-electron chi connectivity index (χ1n) is 3.60. The summed E-state index contributed by atoms with van der Waals surface area (Å²) in [6.07, 6.45) is 1.40. The third-order valence-corrected chi connectivity index (χ3v) is 2.50. The van der Waals surface area contributed by atoms with Crippen LogP contribution in [0.5, 0.6) is 0 Å². The van der Waals surface area contributed by atoms with Gasteiger partial charge in [0.1, 0.15) is 0 Å². The topological polar surface area (TPSA) is 58.9 Å². The highest BCUT2D eigenvalue weighted by Gasteiger charge is 2.14. The lowest BCUT2D eigenvalue weighted by Crippen LogP contribution is -1.84. The number of aromatic nitrogens is 1. The van der Waals surface area contributed by atoms with Gasteiger partial charge < -0.3 is 4.98 Å². The minimum atomic E-state index is -0.398. The Hall–Kier alpha value is -1.36. The summed E-state index contributed by atoms with van der Waals surface area (Å²) in [7, 11) is 0. The Kier molecular flexibility index (Phi) is 1.81. The summed E-state index contributed by atoms with van der Waals surface area (Å²) in [4.78, 5) is 13.0. The minimum Gasteiger partial charge on any atom is -0.354 e. The van der Waals surface area contributed by atoms with Crippen molar-refractivity contribution in [3.63, 3.8) is 0 Å². The van der Waals surface area contributed by atoms with E-state index in [-0.39, 0.29) is 5.69 Å². The summed E-state index contributed by atoms with van der Waals surface area (Å²) in [6, 6.07) is 5.32. The van der Waals surface area contributed by atoms with Crippen molar-refractivity contribution in [1.82, 2.24) is 4.98 Å². The maximum atomic E-state index is 10.6. The van der Waals surface area contributed by atoms with Crippen LogP contribution < -0.4 is 0 Å². The Morgan fingerprint density at radius 1 is 1.46 bits per heavy atom. The van der Waals surface area contributed by atoms with Crippen LogP contribution in [-0.2, 0) is 0 Å². The standard InChI is InChI=1S/C8H5BrN2O2/c9-6-3-1-2-5-7(11(12)13)4-10-8(5)6/h1-4,10H. The van der Waals surface area contributed by atoms with Crippen LogP contribution in [0.1, 0.15) is 0 Å². The molecule has 0 bridgehead atoms. The van der Waals surface area contributed by atoms with Gasteiger partial charge in [-0.15, -0.1) is 0 Å². The summed E-state index contributed by atoms with van der Waals surface area (Å²) in [5.41, 5.74) is 0.866. The van der Waals surface area contributed by atoms with Gasteiger partial charge in [0, 0.05) is 4.47 Å². The maximum absolute atomic E-state index is 10.6. The van der Waals surface area contributed by atoms with E-state index in [9.17, 15) is 10.1 Å². The number of hydrogen-bond donors (Lipinski definition) is 1. The lowest BCUT2D eigenvalue weighted by Gasteiger charge is -1.91. The molecule has 1 aromatic carbocycles. The molecule has 2 rings (SSSR count). The molecular weight excluding hydrogens is 236 g/mol. The smallest absolute Gasteiger partial charge is 0.294 e. The Balaban J connectivity index is 2.83. The lowest BCUT2D eigenvalue weighted by atomic mass is 10.2. The van der Waals surface area contributed by atoms with E-state index in [1.807, 2.05) is 6.07 Å². The van der Waals surface area contributed by atoms with Crippen LogP contribution in [0.3, 0.4) is 0 Å². The fraction of sp³-hybridized carbons (Fsp3) is 0. The van der Waals surface area contributed by atoms with Gasteiger partial charge in [-0.25, -0.2) is 0 Å². The van der Waals surface area contributed by atoms with Gasteiger partial charge >= 0.3 is 0 Å². The summed E-state index contributed by atoms with van der Waals surface area (Å²) in [5.74, 6) is 0. The van der Waals surface area contributed by atoms with Crippen molar-refractivity contribution >= 4 is 32.5 Å². The van der Waals surface area contributed by atoms with Crippen molar-refractivity contribution in [2.24, 2.45) is 0 Å². The van der Waals surface area contributed by atoms with Crippen LogP contribution in [0, 0.1) is 10.1 Å². The molecule has 5 heteroatoms. The number of fused-ring (bicyclic) bond motifs is 1. The van der Waals surface area contributed by atoms with E-state index >= 15 is 0 Å². The van der Waals surface area contributed by atoms with Crippen molar-refractivity contribution in [2.45, 2.75) is 0 Å². The molecule has 0 aliphatic carbocycles. The molecule has 0 aliphatic rings. The lowest BCUT2D eigenvalue weighted by molar-refractivity contribution is -0.383. The summed E-state index contributed by atoms with van der Waals surface area (Å²) < 4.78 is 0.832. The van der Waals surface area contributed by atoms with Crippen LogP contribution in [0.25, 0.3) is 10.9 Å². The zero-order chi connectivity index (χ0) is 9.42. The summed E-state index contributed by atoms with van der Waals surface area (Å²) >= 11 is 3.31. The highest BCUT2D eigenvalue weighted by molar-refractivity contribution is 9.10. The number of para-hydroxylation sites is 1. The Labute approximate surface area is 81.8 Å². The van der Waals surface area contributed by atoms with Crippen molar-refractivity contribution in [1.29, 1.82) is 0 Å². The summed E-state index contributed by atoms with van der Waals surface area (Å²) in [6.45, 7) is 0. The fourth-order valence-corrected chi connectivity index (χ4v) is 1.73. The first kappa shape index (κ1) is 8.25. The largest absolute Gasteiger partial charge is 0.354 e. The zero-order valence-electron chi connectivity index (χ0n) is 6.45. The molecule has 0 unspecified atom stereocenters. The molecule has 66 valence electrons. The number of halogens is 1. The van der Waals surface area contributed by atoms with Gasteiger partial charge in [0.2, 0.25) is 0 Å². The molecule has 0 amide bonds. The van der Waals surface area contributed by atoms with Gasteiger partial charge in [-0.2, -0.15) is 0 Å². The van der Waals surface area contributed by atoms with E-state index in [4.69, 9.17) is 0 Å². The third-order valence-electron chi connectivity index (χ3n) is 1.84. The molecule has 0 atom stereocenters. The Morgan fingerprint density at radius 2 is 2.23 bits per heavy atom. The highest BCUT2D eigenvalue weighted by atomic mass is 79.9. The first-order valence-corrected chi connectivity index (χ1v) is 4.39. The van der Waals surface area contributed by atoms with Gasteiger partial charge in [-0.3, -0.25) is 10.1 Å². The molecular formula is C8H5BrN2O2. The number of benzene rings is 1. The monoisotopic (exact) mass is 240 g/mol. The normalized spacial score (nSPS) is 10.5. The summed E-state index contributed by atoms with van der Waals surface area (Å²) in [5, 5.41) is 11.2. The molecule has 13 heavy (non-hydrogen) atoms. The Bertz CT molecular complexity index is 478. The van der Waals surface area contributed by atoms with E-state index in [2.05, 4.69) is 20.9 Å². The fourth-order valence-electron chi connectivity index (χ4n) is 1.25. The van der Waals surface area contributed by atoms with Crippen LogP contribution >= 0.6 is 15.9 Å². The zero-order valence-corrected chi connectivity index (χ0v) is 8.04. The van der Waals surface area contributed by atoms with Crippen LogP contribution in [-0.4, -0.2) is 9.91 Å². The van der Waals surface area contributed by atoms with E-state index in [1.165, 1.54) is 6.20 Å². The van der Waals surface area contributed by atoms with E-state index in [0.717, 1.165) is 9.99 Å². The van der Waals surface area contributed by atoms with Crippen LogP contribution in [0.2, 0.25) is 0 Å². The van der Waals surface area contributed by atoms with Gasteiger partial charge in [0.25, 0.3) is 5.69 Å². The molecule has 4 nitrogen and oxygen atoms in total. The minimum absolute atomic E-state index is 0.108. The average Bonchev–Trinajstić information content (AvgIpc) is 2.48. The second-order valence-electron chi connectivity index (χ2n) is 2.59.